The number of aromatic nitrogens is 1. The first-order chi connectivity index (χ1) is 11.1. The molecule has 0 atom stereocenters. The van der Waals surface area contributed by atoms with E-state index in [0.717, 1.165) is 37.6 Å². The molecule has 0 aliphatic carbocycles. The zero-order chi connectivity index (χ0) is 16.2. The molecule has 1 fully saturated rings. The van der Waals surface area contributed by atoms with Crippen LogP contribution in [0.3, 0.4) is 0 Å². The summed E-state index contributed by atoms with van der Waals surface area (Å²) in [5, 5.41) is 0. The molecule has 2 aromatic rings. The summed E-state index contributed by atoms with van der Waals surface area (Å²) in [5.41, 5.74) is 4.64. The number of ether oxygens (including phenoxy) is 1. The fourth-order valence-electron chi connectivity index (χ4n) is 2.96. The number of aryl methyl sites for hydroxylation is 1. The molecule has 1 aromatic carbocycles. The number of benzene rings is 1. The number of nitrogens with zero attached hydrogens (tertiary/aromatic N) is 3. The van der Waals surface area contributed by atoms with Gasteiger partial charge in [0.25, 0.3) is 0 Å². The zero-order valence-electron chi connectivity index (χ0n) is 14.2. The Balaban J connectivity index is 1.69. The van der Waals surface area contributed by atoms with Crippen molar-refractivity contribution in [2.75, 3.05) is 31.2 Å². The van der Waals surface area contributed by atoms with Crippen LogP contribution in [0.4, 0.5) is 11.4 Å². The van der Waals surface area contributed by atoms with Gasteiger partial charge >= 0.3 is 0 Å². The summed E-state index contributed by atoms with van der Waals surface area (Å²) in [5.74, 6) is 0. The molecule has 4 nitrogen and oxygen atoms in total. The predicted octanol–water partition coefficient (Wildman–Crippen LogP) is 3.96. The molecule has 3 rings (SSSR count). The molecular formula is C19H25N3O. The molecule has 0 bridgehead atoms. The second-order valence-electron chi connectivity index (χ2n) is 6.29. The highest BCUT2D eigenvalue weighted by molar-refractivity contribution is 5.82. The number of aliphatic imine (C=N–C) groups is 1. The van der Waals surface area contributed by atoms with Gasteiger partial charge in [0.15, 0.2) is 0 Å². The standard InChI is InChI=1S/C19H25N3O/c1-15(2)22-14-17(12-16(22)3)13-20-18-4-6-19(7-5-18)21-8-10-23-11-9-21/h4-7,12-15H,8-11H2,1-3H3. The van der Waals surface area contributed by atoms with E-state index in [0.29, 0.717) is 6.04 Å². The van der Waals surface area contributed by atoms with Gasteiger partial charge in [0.1, 0.15) is 0 Å². The average molecular weight is 311 g/mol. The molecule has 1 aliphatic rings. The summed E-state index contributed by atoms with van der Waals surface area (Å²) in [7, 11) is 0. The highest BCUT2D eigenvalue weighted by atomic mass is 16.5. The van der Waals surface area contributed by atoms with Gasteiger partial charge in [-0.05, 0) is 51.1 Å². The molecule has 1 aliphatic heterocycles. The smallest absolute Gasteiger partial charge is 0.0642 e. The Hall–Kier alpha value is -2.07. The van der Waals surface area contributed by atoms with Crippen molar-refractivity contribution in [3.8, 4) is 0 Å². The van der Waals surface area contributed by atoms with Gasteiger partial charge in [-0.1, -0.05) is 0 Å². The third kappa shape index (κ3) is 3.82. The summed E-state index contributed by atoms with van der Waals surface area (Å²) in [6.45, 7) is 10.1. The van der Waals surface area contributed by atoms with Crippen molar-refractivity contribution in [3.63, 3.8) is 0 Å². The van der Waals surface area contributed by atoms with Crippen LogP contribution in [0.2, 0.25) is 0 Å². The number of hydrogen-bond acceptors (Lipinski definition) is 3. The SMILES string of the molecule is Cc1cc(C=Nc2ccc(N3CCOCC3)cc2)cn1C(C)C. The lowest BCUT2D eigenvalue weighted by atomic mass is 10.2. The second kappa shape index (κ2) is 7.01. The molecular weight excluding hydrogens is 286 g/mol. The summed E-state index contributed by atoms with van der Waals surface area (Å²) < 4.78 is 7.66. The van der Waals surface area contributed by atoms with Crippen LogP contribution in [-0.4, -0.2) is 37.1 Å². The first-order valence-electron chi connectivity index (χ1n) is 8.29. The van der Waals surface area contributed by atoms with E-state index in [4.69, 9.17) is 4.74 Å². The van der Waals surface area contributed by atoms with Gasteiger partial charge in [0.2, 0.25) is 0 Å². The van der Waals surface area contributed by atoms with Crippen LogP contribution in [0.1, 0.15) is 31.1 Å². The minimum absolute atomic E-state index is 0.477. The van der Waals surface area contributed by atoms with Gasteiger partial charge in [-0.2, -0.15) is 0 Å². The number of hydrogen-bond donors (Lipinski definition) is 0. The van der Waals surface area contributed by atoms with Crippen molar-refractivity contribution < 1.29 is 4.74 Å². The highest BCUT2D eigenvalue weighted by Gasteiger charge is 2.10. The molecule has 0 amide bonds. The zero-order valence-corrected chi connectivity index (χ0v) is 14.2. The van der Waals surface area contributed by atoms with Gasteiger partial charge < -0.3 is 14.2 Å². The van der Waals surface area contributed by atoms with E-state index >= 15 is 0 Å². The van der Waals surface area contributed by atoms with Crippen molar-refractivity contribution in [1.82, 2.24) is 4.57 Å². The summed E-state index contributed by atoms with van der Waals surface area (Å²) in [4.78, 5) is 6.95. The van der Waals surface area contributed by atoms with Crippen LogP contribution in [-0.2, 0) is 4.74 Å². The van der Waals surface area contributed by atoms with Crippen molar-refractivity contribution in [3.05, 3.63) is 47.8 Å². The van der Waals surface area contributed by atoms with Crippen LogP contribution in [0.15, 0.2) is 41.5 Å². The third-order valence-corrected chi connectivity index (χ3v) is 4.22. The van der Waals surface area contributed by atoms with E-state index in [2.05, 4.69) is 71.8 Å². The van der Waals surface area contributed by atoms with Crippen molar-refractivity contribution >= 4 is 17.6 Å². The fourth-order valence-corrected chi connectivity index (χ4v) is 2.96. The van der Waals surface area contributed by atoms with E-state index < -0.39 is 0 Å². The third-order valence-electron chi connectivity index (χ3n) is 4.22. The van der Waals surface area contributed by atoms with Crippen molar-refractivity contribution in [1.29, 1.82) is 0 Å². The minimum atomic E-state index is 0.477. The normalized spacial score (nSPS) is 15.7. The van der Waals surface area contributed by atoms with Gasteiger partial charge in [0, 0.05) is 48.5 Å². The van der Waals surface area contributed by atoms with Gasteiger partial charge in [-0.15, -0.1) is 0 Å². The van der Waals surface area contributed by atoms with E-state index in [-0.39, 0.29) is 0 Å². The average Bonchev–Trinajstić information content (AvgIpc) is 2.95. The molecule has 23 heavy (non-hydrogen) atoms. The lowest BCUT2D eigenvalue weighted by Crippen LogP contribution is -2.36. The Bertz CT molecular complexity index is 664. The Morgan fingerprint density at radius 2 is 1.83 bits per heavy atom. The maximum Gasteiger partial charge on any atom is 0.0642 e. The molecule has 0 radical (unpaired) electrons. The molecule has 4 heteroatoms. The molecule has 0 spiro atoms. The molecule has 2 heterocycles. The lowest BCUT2D eigenvalue weighted by molar-refractivity contribution is 0.122. The molecule has 0 N–H and O–H groups in total. The van der Waals surface area contributed by atoms with Crippen LogP contribution < -0.4 is 4.90 Å². The second-order valence-corrected chi connectivity index (χ2v) is 6.29. The Morgan fingerprint density at radius 1 is 1.13 bits per heavy atom. The van der Waals surface area contributed by atoms with Crippen molar-refractivity contribution in [2.24, 2.45) is 4.99 Å². The summed E-state index contributed by atoms with van der Waals surface area (Å²) in [6.07, 6.45) is 4.10. The van der Waals surface area contributed by atoms with Crippen molar-refractivity contribution in [2.45, 2.75) is 26.8 Å². The summed E-state index contributed by atoms with van der Waals surface area (Å²) >= 11 is 0. The predicted molar refractivity (Wildman–Crippen MR) is 96.3 cm³/mol. The Labute approximate surface area is 138 Å². The first-order valence-corrected chi connectivity index (χ1v) is 8.29. The van der Waals surface area contributed by atoms with E-state index in [1.165, 1.54) is 11.4 Å². The molecule has 0 unspecified atom stereocenters. The van der Waals surface area contributed by atoms with E-state index in [1.807, 2.05) is 6.21 Å². The van der Waals surface area contributed by atoms with Gasteiger partial charge in [-0.25, -0.2) is 0 Å². The lowest BCUT2D eigenvalue weighted by Gasteiger charge is -2.28. The Kier molecular flexibility index (Phi) is 4.82. The molecule has 0 saturated carbocycles. The molecule has 1 saturated heterocycles. The van der Waals surface area contributed by atoms with Gasteiger partial charge in [0.05, 0.1) is 18.9 Å². The maximum absolute atomic E-state index is 5.39. The largest absolute Gasteiger partial charge is 0.378 e. The van der Waals surface area contributed by atoms with Crippen LogP contribution >= 0.6 is 0 Å². The minimum Gasteiger partial charge on any atom is -0.378 e. The van der Waals surface area contributed by atoms with E-state index in [9.17, 15) is 0 Å². The van der Waals surface area contributed by atoms with Gasteiger partial charge in [-0.3, -0.25) is 4.99 Å². The number of anilines is 1. The topological polar surface area (TPSA) is 29.8 Å². The van der Waals surface area contributed by atoms with Crippen LogP contribution in [0, 0.1) is 6.92 Å². The first kappa shape index (κ1) is 15.8. The van der Waals surface area contributed by atoms with Crippen LogP contribution in [0.25, 0.3) is 0 Å². The van der Waals surface area contributed by atoms with Crippen LogP contribution in [0.5, 0.6) is 0 Å². The monoisotopic (exact) mass is 311 g/mol. The highest BCUT2D eigenvalue weighted by Crippen LogP contribution is 2.21. The molecule has 1 aromatic heterocycles. The summed E-state index contributed by atoms with van der Waals surface area (Å²) in [6, 6.07) is 11.1. The number of morpholine rings is 1. The Morgan fingerprint density at radius 3 is 2.43 bits per heavy atom. The van der Waals surface area contributed by atoms with E-state index in [1.54, 1.807) is 0 Å². The number of rotatable bonds is 4. The maximum atomic E-state index is 5.39. The quantitative estimate of drug-likeness (QED) is 0.800. The fraction of sp³-hybridized carbons (Fsp3) is 0.421. The molecule has 122 valence electrons.